The van der Waals surface area contributed by atoms with Gasteiger partial charge >= 0.3 is 0 Å². The van der Waals surface area contributed by atoms with E-state index in [1.165, 1.54) is 0 Å². The van der Waals surface area contributed by atoms with Crippen LogP contribution >= 0.6 is 0 Å². The number of benzene rings is 5. The highest BCUT2D eigenvalue weighted by Gasteiger charge is 2.26. The molecule has 0 fully saturated rings. The van der Waals surface area contributed by atoms with Gasteiger partial charge in [-0.05, 0) is 114 Å². The largest absolute Gasteiger partial charge is 0.508 e. The van der Waals surface area contributed by atoms with Crippen molar-refractivity contribution in [2.75, 3.05) is 0 Å². The lowest BCUT2D eigenvalue weighted by molar-refractivity contribution is 0.0849. The maximum atomic E-state index is 12.4. The van der Waals surface area contributed by atoms with Gasteiger partial charge in [-0.1, -0.05) is 74.4 Å². The summed E-state index contributed by atoms with van der Waals surface area (Å²) in [6.07, 6.45) is 0. The molecule has 0 aliphatic heterocycles. The van der Waals surface area contributed by atoms with Gasteiger partial charge in [0.2, 0.25) is 0 Å². The topological polar surface area (TPSA) is 175 Å². The molecule has 0 aliphatic carbocycles. The number of H-pyrrole nitrogens is 4. The SMILES string of the molecule is CC(C)(C)C(=O)c1cc2c([nH]1)[nH]c1cc(O)ccc12.CC(C)(C)C(=O)c1ccc2[nH]c(-c3ccc(O)cc3)cc2c1.CC(C)(C)C(=O)c1ccc2cc(-c3ccc(O)cc3)[nH]c2c1. The molecule has 0 amide bonds. The molecule has 10 heteroatoms. The minimum Gasteiger partial charge on any atom is -0.508 e. The summed E-state index contributed by atoms with van der Waals surface area (Å²) in [6, 6.07) is 36.7. The Morgan fingerprint density at radius 1 is 0.397 bits per heavy atom. The smallest absolute Gasteiger partial charge is 0.184 e. The zero-order valence-corrected chi connectivity index (χ0v) is 37.1. The van der Waals surface area contributed by atoms with E-state index in [0.717, 1.165) is 77.4 Å². The molecule has 0 unspecified atom stereocenters. The minimum absolute atomic E-state index is 0.0871. The fraction of sp³-hybridized carbons (Fsp3) is 0.226. The van der Waals surface area contributed by atoms with Gasteiger partial charge in [-0.15, -0.1) is 0 Å². The highest BCUT2D eigenvalue weighted by atomic mass is 16.3. The number of hydrogen-bond acceptors (Lipinski definition) is 6. The van der Waals surface area contributed by atoms with Crippen molar-refractivity contribution in [1.82, 2.24) is 19.9 Å². The second-order valence-electron chi connectivity index (χ2n) is 19.1. The third-order valence-electron chi connectivity index (χ3n) is 10.8. The number of carbonyl (C=O) groups excluding carboxylic acids is 3. The number of aromatic hydroxyl groups is 3. The average Bonchev–Trinajstić information content (AvgIpc) is 4.01. The maximum absolute atomic E-state index is 12.4. The molecule has 4 heterocycles. The Bertz CT molecular complexity index is 2990. The Hall–Kier alpha value is -7.33. The van der Waals surface area contributed by atoms with E-state index in [2.05, 4.69) is 19.9 Å². The molecule has 4 aromatic heterocycles. The number of phenols is 3. The highest BCUT2D eigenvalue weighted by Crippen LogP contribution is 2.32. The molecule has 0 saturated heterocycles. The molecule has 0 spiro atoms. The fourth-order valence-electron chi connectivity index (χ4n) is 7.30. The van der Waals surface area contributed by atoms with Crippen molar-refractivity contribution in [1.29, 1.82) is 0 Å². The van der Waals surface area contributed by atoms with E-state index in [-0.39, 0.29) is 45.4 Å². The first kappa shape index (κ1) is 43.7. The third kappa shape index (κ3) is 9.60. The summed E-state index contributed by atoms with van der Waals surface area (Å²) in [5.41, 5.74) is 8.43. The van der Waals surface area contributed by atoms with Crippen molar-refractivity contribution >= 4 is 61.1 Å². The number of aromatic nitrogens is 4. The second-order valence-corrected chi connectivity index (χ2v) is 19.1. The molecule has 0 bridgehead atoms. The van der Waals surface area contributed by atoms with Crippen LogP contribution < -0.4 is 0 Å². The van der Waals surface area contributed by atoms with Gasteiger partial charge in [-0.25, -0.2) is 0 Å². The van der Waals surface area contributed by atoms with Gasteiger partial charge in [0, 0.05) is 77.4 Å². The maximum Gasteiger partial charge on any atom is 0.184 e. The Kier molecular flexibility index (Phi) is 11.5. The number of rotatable bonds is 5. The summed E-state index contributed by atoms with van der Waals surface area (Å²) in [7, 11) is 0. The molecule has 0 saturated carbocycles. The Morgan fingerprint density at radius 3 is 1.44 bits per heavy atom. The van der Waals surface area contributed by atoms with E-state index in [0.29, 0.717) is 5.69 Å². The second kappa shape index (κ2) is 16.5. The standard InChI is InChI=1S/2C19H19NO2.C15H16N2O2/c1-19(2,3)18(22)13-6-9-16-14(10-13)11-17(20-16)12-4-7-15(21)8-5-12;1-19(2,3)18(22)14-5-4-13-10-16(20-17(13)11-14)12-6-8-15(21)9-7-12;1-15(2,3)13(19)12-7-10-9-5-4-8(18)6-11(9)16-14(10)17-12/h2*4-11,20-21H,1-3H3;4-7,16-18H,1-3H3. The molecule has 0 radical (unpaired) electrons. The van der Waals surface area contributed by atoms with Crippen LogP contribution in [-0.4, -0.2) is 52.6 Å². The summed E-state index contributed by atoms with van der Waals surface area (Å²) in [5.74, 6) is 1.08. The van der Waals surface area contributed by atoms with Crippen molar-refractivity contribution < 1.29 is 29.7 Å². The van der Waals surface area contributed by atoms with Crippen LogP contribution in [0.5, 0.6) is 17.2 Å². The van der Waals surface area contributed by atoms with Crippen LogP contribution in [0, 0.1) is 16.2 Å². The quantitative estimate of drug-likeness (QED) is 0.0849. The minimum atomic E-state index is -0.406. The van der Waals surface area contributed by atoms with Crippen LogP contribution in [-0.2, 0) is 0 Å². The monoisotopic (exact) mass is 842 g/mol. The molecule has 5 aromatic carbocycles. The summed E-state index contributed by atoms with van der Waals surface area (Å²) in [4.78, 5) is 50.0. The van der Waals surface area contributed by atoms with E-state index in [9.17, 15) is 29.7 Å². The molecular formula is C53H54N4O6. The van der Waals surface area contributed by atoms with Crippen LogP contribution in [0.3, 0.4) is 0 Å². The number of ketones is 3. The Morgan fingerprint density at radius 2 is 0.889 bits per heavy atom. The zero-order chi connectivity index (χ0) is 45.6. The lowest BCUT2D eigenvalue weighted by Gasteiger charge is -2.16. The van der Waals surface area contributed by atoms with E-state index < -0.39 is 5.41 Å². The normalized spacial score (nSPS) is 12.0. The summed E-state index contributed by atoms with van der Waals surface area (Å²) < 4.78 is 0. The fourth-order valence-corrected chi connectivity index (χ4v) is 7.30. The molecule has 9 rings (SSSR count). The van der Waals surface area contributed by atoms with Crippen molar-refractivity contribution in [2.45, 2.75) is 62.3 Å². The molecule has 0 atom stereocenters. The van der Waals surface area contributed by atoms with Crippen molar-refractivity contribution in [2.24, 2.45) is 16.2 Å². The van der Waals surface area contributed by atoms with Gasteiger partial charge in [-0.2, -0.15) is 0 Å². The first-order valence-corrected chi connectivity index (χ1v) is 20.9. The molecule has 9 aromatic rings. The summed E-state index contributed by atoms with van der Waals surface area (Å²) in [5, 5.41) is 32.2. The number of fused-ring (bicyclic) bond motifs is 5. The summed E-state index contributed by atoms with van der Waals surface area (Å²) in [6.45, 7) is 17.3. The molecule has 63 heavy (non-hydrogen) atoms. The number of aromatic amines is 4. The van der Waals surface area contributed by atoms with Crippen molar-refractivity contribution in [3.63, 3.8) is 0 Å². The highest BCUT2D eigenvalue weighted by molar-refractivity contribution is 6.11. The van der Waals surface area contributed by atoms with Gasteiger partial charge in [0.15, 0.2) is 17.3 Å². The van der Waals surface area contributed by atoms with Gasteiger partial charge < -0.3 is 35.3 Å². The molecule has 10 nitrogen and oxygen atoms in total. The Balaban J connectivity index is 0.000000142. The van der Waals surface area contributed by atoms with Crippen LogP contribution in [0.4, 0.5) is 0 Å². The average molecular weight is 843 g/mol. The summed E-state index contributed by atoms with van der Waals surface area (Å²) >= 11 is 0. The number of hydrogen-bond donors (Lipinski definition) is 7. The van der Waals surface area contributed by atoms with E-state index in [4.69, 9.17) is 0 Å². The van der Waals surface area contributed by atoms with Gasteiger partial charge in [0.05, 0.1) is 11.2 Å². The molecule has 322 valence electrons. The molecule has 0 aliphatic rings. The molecule has 7 N–H and O–H groups in total. The number of phenolic OH excluding ortho intramolecular Hbond substituents is 3. The van der Waals surface area contributed by atoms with E-state index in [1.54, 1.807) is 36.4 Å². The van der Waals surface area contributed by atoms with Crippen molar-refractivity contribution in [3.8, 4) is 39.8 Å². The Labute approximate surface area is 366 Å². The van der Waals surface area contributed by atoms with Gasteiger partial charge in [-0.3, -0.25) is 14.4 Å². The number of nitrogens with one attached hydrogen (secondary N) is 4. The third-order valence-corrected chi connectivity index (χ3v) is 10.8. The van der Waals surface area contributed by atoms with E-state index in [1.807, 2.05) is 147 Å². The van der Waals surface area contributed by atoms with Gasteiger partial charge in [0.25, 0.3) is 0 Å². The lowest BCUT2D eigenvalue weighted by atomic mass is 9.86. The number of carbonyl (C=O) groups is 3. The predicted molar refractivity (Wildman–Crippen MR) is 254 cm³/mol. The predicted octanol–water partition coefficient (Wildman–Crippen LogP) is 13.1. The van der Waals surface area contributed by atoms with Crippen LogP contribution in [0.25, 0.3) is 66.3 Å². The van der Waals surface area contributed by atoms with Crippen LogP contribution in [0.2, 0.25) is 0 Å². The van der Waals surface area contributed by atoms with Crippen LogP contribution in [0.1, 0.15) is 93.5 Å². The number of Topliss-reactive ketones (excluding diaryl/α,β-unsaturated/α-hetero) is 3. The molecular weight excluding hydrogens is 789 g/mol. The first-order chi connectivity index (χ1) is 29.5. The zero-order valence-electron chi connectivity index (χ0n) is 37.1. The first-order valence-electron chi connectivity index (χ1n) is 20.9. The van der Waals surface area contributed by atoms with Crippen molar-refractivity contribution in [3.05, 3.63) is 138 Å². The lowest BCUT2D eigenvalue weighted by Crippen LogP contribution is -2.20. The van der Waals surface area contributed by atoms with E-state index >= 15 is 0 Å². The van der Waals surface area contributed by atoms with Gasteiger partial charge in [0.1, 0.15) is 22.9 Å². The van der Waals surface area contributed by atoms with Crippen LogP contribution in [0.15, 0.2) is 121 Å².